The Morgan fingerprint density at radius 3 is 2.74 bits per heavy atom. The van der Waals surface area contributed by atoms with Crippen LogP contribution in [-0.2, 0) is 0 Å². The van der Waals surface area contributed by atoms with Crippen LogP contribution in [0.25, 0.3) is 10.9 Å². The number of carbonyl (C=O) groups excluding carboxylic acids is 3. The minimum absolute atomic E-state index is 0.286. The Morgan fingerprint density at radius 1 is 1.11 bits per heavy atom. The molecule has 136 valence electrons. The summed E-state index contributed by atoms with van der Waals surface area (Å²) in [5, 5.41) is 10.5. The molecule has 2 heterocycles. The fourth-order valence-electron chi connectivity index (χ4n) is 3.18. The van der Waals surface area contributed by atoms with Gasteiger partial charge in [-0.25, -0.2) is 0 Å². The van der Waals surface area contributed by atoms with Crippen molar-refractivity contribution in [2.45, 2.75) is 19.8 Å². The summed E-state index contributed by atoms with van der Waals surface area (Å²) in [4.78, 5) is 38.7. The quantitative estimate of drug-likeness (QED) is 0.681. The lowest BCUT2D eigenvalue weighted by molar-refractivity contribution is 0.0652. The number of nitrogens with one attached hydrogen (secondary N) is 2. The number of amides is 3. The molecule has 2 aromatic carbocycles. The molecule has 7 heteroatoms. The third-order valence-electron chi connectivity index (χ3n) is 4.67. The topological polar surface area (TPSA) is 95.2 Å². The molecule has 0 aliphatic carbocycles. The van der Waals surface area contributed by atoms with Crippen molar-refractivity contribution in [3.05, 3.63) is 59.3 Å². The molecule has 0 fully saturated rings. The number of nitrogens with zero attached hydrogens (tertiary/aromatic N) is 2. The molecule has 3 amide bonds. The van der Waals surface area contributed by atoms with Crippen molar-refractivity contribution in [3.8, 4) is 0 Å². The predicted octanol–water partition coefficient (Wildman–Crippen LogP) is 3.21. The van der Waals surface area contributed by atoms with E-state index in [9.17, 15) is 14.4 Å². The van der Waals surface area contributed by atoms with Crippen LogP contribution in [0, 0.1) is 0 Å². The van der Waals surface area contributed by atoms with Gasteiger partial charge in [0, 0.05) is 23.2 Å². The van der Waals surface area contributed by atoms with E-state index in [0.29, 0.717) is 23.4 Å². The van der Waals surface area contributed by atoms with Crippen LogP contribution in [0.3, 0.4) is 0 Å². The van der Waals surface area contributed by atoms with Gasteiger partial charge in [0.2, 0.25) is 0 Å². The molecule has 27 heavy (non-hydrogen) atoms. The molecule has 0 saturated heterocycles. The van der Waals surface area contributed by atoms with Crippen molar-refractivity contribution in [1.82, 2.24) is 15.1 Å². The smallest absolute Gasteiger partial charge is 0.261 e. The van der Waals surface area contributed by atoms with Crippen LogP contribution in [0.4, 0.5) is 5.69 Å². The Kier molecular flexibility index (Phi) is 4.19. The van der Waals surface area contributed by atoms with Gasteiger partial charge in [-0.3, -0.25) is 24.4 Å². The van der Waals surface area contributed by atoms with Gasteiger partial charge in [-0.2, -0.15) is 5.10 Å². The van der Waals surface area contributed by atoms with E-state index in [4.69, 9.17) is 0 Å². The largest absolute Gasteiger partial charge is 0.322 e. The third kappa shape index (κ3) is 2.97. The highest BCUT2D eigenvalue weighted by atomic mass is 16.2. The zero-order valence-electron chi connectivity index (χ0n) is 14.8. The zero-order chi connectivity index (χ0) is 19.0. The molecule has 2 N–H and O–H groups in total. The molecule has 1 aromatic heterocycles. The normalized spacial score (nSPS) is 13.3. The van der Waals surface area contributed by atoms with Crippen LogP contribution in [0.1, 0.15) is 50.8 Å². The summed E-state index contributed by atoms with van der Waals surface area (Å²) in [6.45, 7) is 2.40. The van der Waals surface area contributed by atoms with Crippen molar-refractivity contribution in [3.63, 3.8) is 0 Å². The van der Waals surface area contributed by atoms with Crippen LogP contribution < -0.4 is 5.32 Å². The van der Waals surface area contributed by atoms with Gasteiger partial charge in [-0.15, -0.1) is 0 Å². The van der Waals surface area contributed by atoms with Gasteiger partial charge in [-0.05, 0) is 42.8 Å². The standard InChI is InChI=1S/C20H18N4O3/c1-2-3-8-24-19(26)15-6-4-12(10-16(15)20(24)27)18(25)22-14-5-7-17-13(9-14)11-21-23-17/h4-7,9-11H,2-3,8H2,1H3,(H,21,23)(H,22,25). The van der Waals surface area contributed by atoms with Crippen molar-refractivity contribution in [2.24, 2.45) is 0 Å². The number of hydrogen-bond donors (Lipinski definition) is 2. The highest BCUT2D eigenvalue weighted by Gasteiger charge is 2.35. The molecule has 0 atom stereocenters. The summed E-state index contributed by atoms with van der Waals surface area (Å²) >= 11 is 0. The first-order valence-corrected chi connectivity index (χ1v) is 8.83. The van der Waals surface area contributed by atoms with Gasteiger partial charge in [0.25, 0.3) is 17.7 Å². The van der Waals surface area contributed by atoms with Gasteiger partial charge in [0.1, 0.15) is 0 Å². The highest BCUT2D eigenvalue weighted by molar-refractivity contribution is 6.22. The van der Waals surface area contributed by atoms with Gasteiger partial charge in [0.15, 0.2) is 0 Å². The maximum Gasteiger partial charge on any atom is 0.261 e. The molecule has 3 aromatic rings. The molecular weight excluding hydrogens is 344 g/mol. The van der Waals surface area contributed by atoms with Crippen LogP contribution >= 0.6 is 0 Å². The number of unbranched alkanes of at least 4 members (excludes halogenated alkanes) is 1. The minimum atomic E-state index is -0.340. The Balaban J connectivity index is 1.57. The second-order valence-corrected chi connectivity index (χ2v) is 6.50. The molecule has 0 spiro atoms. The molecule has 0 radical (unpaired) electrons. The summed E-state index contributed by atoms with van der Waals surface area (Å²) in [6.07, 6.45) is 3.33. The van der Waals surface area contributed by atoms with Gasteiger partial charge >= 0.3 is 0 Å². The Morgan fingerprint density at radius 2 is 1.93 bits per heavy atom. The molecule has 4 rings (SSSR count). The van der Waals surface area contributed by atoms with Gasteiger partial charge < -0.3 is 5.32 Å². The average Bonchev–Trinajstić information content (AvgIpc) is 3.23. The lowest BCUT2D eigenvalue weighted by Crippen LogP contribution is -2.30. The monoisotopic (exact) mass is 362 g/mol. The average molecular weight is 362 g/mol. The lowest BCUT2D eigenvalue weighted by atomic mass is 10.1. The molecule has 7 nitrogen and oxygen atoms in total. The first kappa shape index (κ1) is 17.0. The van der Waals surface area contributed by atoms with E-state index in [1.807, 2.05) is 19.1 Å². The summed E-state index contributed by atoms with van der Waals surface area (Å²) in [5.41, 5.74) is 2.48. The van der Waals surface area contributed by atoms with E-state index in [0.717, 1.165) is 23.7 Å². The lowest BCUT2D eigenvalue weighted by Gasteiger charge is -2.12. The van der Waals surface area contributed by atoms with Gasteiger partial charge in [0.05, 0.1) is 22.8 Å². The van der Waals surface area contributed by atoms with Crippen molar-refractivity contribution in [1.29, 1.82) is 0 Å². The Bertz CT molecular complexity index is 1070. The van der Waals surface area contributed by atoms with Crippen molar-refractivity contribution in [2.75, 3.05) is 11.9 Å². The molecular formula is C20H18N4O3. The third-order valence-corrected chi connectivity index (χ3v) is 4.67. The summed E-state index contributed by atoms with van der Waals surface area (Å²) in [6, 6.07) is 10.0. The maximum absolute atomic E-state index is 12.6. The number of H-pyrrole nitrogens is 1. The first-order chi connectivity index (χ1) is 13.1. The number of aromatic nitrogens is 2. The molecule has 1 aliphatic rings. The summed E-state index contributed by atoms with van der Waals surface area (Å²) in [7, 11) is 0. The summed E-state index contributed by atoms with van der Waals surface area (Å²) in [5.74, 6) is -0.966. The molecule has 0 saturated carbocycles. The number of fused-ring (bicyclic) bond motifs is 2. The van der Waals surface area contributed by atoms with Crippen LogP contribution in [-0.4, -0.2) is 39.4 Å². The number of carbonyl (C=O) groups is 3. The number of anilines is 1. The van der Waals surface area contributed by atoms with Gasteiger partial charge in [-0.1, -0.05) is 13.3 Å². The first-order valence-electron chi connectivity index (χ1n) is 8.83. The fourth-order valence-corrected chi connectivity index (χ4v) is 3.18. The molecule has 0 bridgehead atoms. The van der Waals surface area contributed by atoms with Crippen LogP contribution in [0.5, 0.6) is 0 Å². The second-order valence-electron chi connectivity index (χ2n) is 6.50. The van der Waals surface area contributed by atoms with E-state index in [2.05, 4.69) is 15.5 Å². The van der Waals surface area contributed by atoms with E-state index in [1.165, 1.54) is 11.0 Å². The highest BCUT2D eigenvalue weighted by Crippen LogP contribution is 2.25. The Labute approximate surface area is 155 Å². The van der Waals surface area contributed by atoms with Crippen LogP contribution in [0.15, 0.2) is 42.6 Å². The van der Waals surface area contributed by atoms with Crippen molar-refractivity contribution < 1.29 is 14.4 Å². The van der Waals surface area contributed by atoms with Crippen molar-refractivity contribution >= 4 is 34.3 Å². The van der Waals surface area contributed by atoms with E-state index in [-0.39, 0.29) is 23.3 Å². The fraction of sp³-hybridized carbons (Fsp3) is 0.200. The zero-order valence-corrected chi connectivity index (χ0v) is 14.8. The van der Waals surface area contributed by atoms with E-state index in [1.54, 1.807) is 24.4 Å². The number of rotatable bonds is 5. The van der Waals surface area contributed by atoms with E-state index >= 15 is 0 Å². The number of imide groups is 1. The molecule has 1 aliphatic heterocycles. The number of hydrogen-bond acceptors (Lipinski definition) is 4. The minimum Gasteiger partial charge on any atom is -0.322 e. The Hall–Kier alpha value is -3.48. The predicted molar refractivity (Wildman–Crippen MR) is 101 cm³/mol. The van der Waals surface area contributed by atoms with E-state index < -0.39 is 0 Å². The number of aromatic amines is 1. The second kappa shape index (κ2) is 6.68. The summed E-state index contributed by atoms with van der Waals surface area (Å²) < 4.78 is 0. The van der Waals surface area contributed by atoms with Crippen LogP contribution in [0.2, 0.25) is 0 Å². The SMILES string of the molecule is CCCCN1C(=O)c2ccc(C(=O)Nc3ccc4[nH]ncc4c3)cc2C1=O. The maximum atomic E-state index is 12.6. The molecule has 0 unspecified atom stereocenters. The number of benzene rings is 2.